The molecule has 2 rings (SSSR count). The van der Waals surface area contributed by atoms with E-state index in [1.54, 1.807) is 13.0 Å². The fourth-order valence-corrected chi connectivity index (χ4v) is 3.49. The molecule has 0 radical (unpaired) electrons. The van der Waals surface area contributed by atoms with E-state index in [1.807, 2.05) is 6.07 Å². The average Bonchev–Trinajstić information content (AvgIpc) is 2.87. The molecule has 21 heavy (non-hydrogen) atoms. The van der Waals surface area contributed by atoms with Gasteiger partial charge in [-0.15, -0.1) is 17.9 Å². The average molecular weight is 307 g/mol. The fourth-order valence-electron chi connectivity index (χ4n) is 2.40. The van der Waals surface area contributed by atoms with E-state index < -0.39 is 12.1 Å². The molecule has 5 heteroatoms. The second-order valence-electron chi connectivity index (χ2n) is 5.49. The van der Waals surface area contributed by atoms with Crippen LogP contribution in [0.25, 0.3) is 0 Å². The Morgan fingerprint density at radius 3 is 3.10 bits per heavy atom. The molecular weight excluding hydrogens is 286 g/mol. The number of amides is 1. The summed E-state index contributed by atoms with van der Waals surface area (Å²) in [6, 6.07) is 1.92. The van der Waals surface area contributed by atoms with Gasteiger partial charge >= 0.3 is 5.97 Å². The highest BCUT2D eigenvalue weighted by Crippen LogP contribution is 2.32. The maximum Gasteiger partial charge on any atom is 0.349 e. The molecule has 2 atom stereocenters. The van der Waals surface area contributed by atoms with Crippen LogP contribution < -0.4 is 5.32 Å². The summed E-state index contributed by atoms with van der Waals surface area (Å²) in [5.74, 6) is -0.0546. The number of nitrogens with one attached hydrogen (secondary N) is 1. The lowest BCUT2D eigenvalue weighted by molar-refractivity contribution is -0.128. The van der Waals surface area contributed by atoms with E-state index in [0.717, 1.165) is 12.8 Å². The Morgan fingerprint density at radius 2 is 2.38 bits per heavy atom. The SMILES string of the molecule is C=CCNC(=O)[C@H](C)OC(=O)c1cc2c(s1)CC[C@H](C)C2. The largest absolute Gasteiger partial charge is 0.448 e. The number of carbonyl (C=O) groups is 2. The van der Waals surface area contributed by atoms with E-state index >= 15 is 0 Å². The Morgan fingerprint density at radius 1 is 1.62 bits per heavy atom. The first-order valence-electron chi connectivity index (χ1n) is 7.22. The molecule has 0 bridgehead atoms. The van der Waals surface area contributed by atoms with Crippen LogP contribution in [-0.4, -0.2) is 24.5 Å². The number of hydrogen-bond acceptors (Lipinski definition) is 4. The normalized spacial score (nSPS) is 18.5. The van der Waals surface area contributed by atoms with Crippen molar-refractivity contribution in [3.05, 3.63) is 34.0 Å². The quantitative estimate of drug-likeness (QED) is 0.672. The molecule has 0 aliphatic heterocycles. The van der Waals surface area contributed by atoms with Gasteiger partial charge in [0.05, 0.1) is 0 Å². The van der Waals surface area contributed by atoms with Crippen molar-refractivity contribution in [1.82, 2.24) is 5.32 Å². The number of aryl methyl sites for hydroxylation is 1. The van der Waals surface area contributed by atoms with Gasteiger partial charge in [0.25, 0.3) is 5.91 Å². The molecular formula is C16H21NO3S. The van der Waals surface area contributed by atoms with Gasteiger partial charge in [-0.2, -0.15) is 0 Å². The lowest BCUT2D eigenvalue weighted by atomic mass is 9.90. The second kappa shape index (κ2) is 6.89. The number of esters is 1. The van der Waals surface area contributed by atoms with Crippen LogP contribution in [0.1, 0.15) is 40.4 Å². The second-order valence-corrected chi connectivity index (χ2v) is 6.63. The van der Waals surface area contributed by atoms with Crippen LogP contribution in [-0.2, 0) is 22.4 Å². The molecule has 1 N–H and O–H groups in total. The van der Waals surface area contributed by atoms with E-state index in [-0.39, 0.29) is 5.91 Å². The van der Waals surface area contributed by atoms with Gasteiger partial charge in [-0.25, -0.2) is 4.79 Å². The molecule has 1 aliphatic carbocycles. The van der Waals surface area contributed by atoms with Gasteiger partial charge in [-0.1, -0.05) is 13.0 Å². The third-order valence-corrected chi connectivity index (χ3v) is 4.82. The molecule has 0 aromatic carbocycles. The summed E-state index contributed by atoms with van der Waals surface area (Å²) in [6.07, 6.45) is 4.01. The van der Waals surface area contributed by atoms with Crippen molar-refractivity contribution in [3.63, 3.8) is 0 Å². The molecule has 0 saturated carbocycles. The lowest BCUT2D eigenvalue weighted by Crippen LogP contribution is -2.35. The number of carbonyl (C=O) groups excluding carboxylic acids is 2. The Hall–Kier alpha value is -1.62. The van der Waals surface area contributed by atoms with Crippen molar-refractivity contribution in [2.24, 2.45) is 5.92 Å². The van der Waals surface area contributed by atoms with E-state index in [9.17, 15) is 9.59 Å². The smallest absolute Gasteiger partial charge is 0.349 e. The molecule has 1 heterocycles. The van der Waals surface area contributed by atoms with Gasteiger partial charge in [0, 0.05) is 11.4 Å². The van der Waals surface area contributed by atoms with E-state index in [2.05, 4.69) is 18.8 Å². The van der Waals surface area contributed by atoms with Crippen LogP contribution in [0.15, 0.2) is 18.7 Å². The topological polar surface area (TPSA) is 55.4 Å². The van der Waals surface area contributed by atoms with Crippen molar-refractivity contribution in [2.45, 2.75) is 39.2 Å². The molecule has 0 spiro atoms. The van der Waals surface area contributed by atoms with Gasteiger partial charge in [-0.05, 0) is 43.7 Å². The highest BCUT2D eigenvalue weighted by atomic mass is 32.1. The molecule has 0 unspecified atom stereocenters. The van der Waals surface area contributed by atoms with Crippen molar-refractivity contribution in [2.75, 3.05) is 6.54 Å². The predicted molar refractivity (Wildman–Crippen MR) is 83.6 cm³/mol. The predicted octanol–water partition coefficient (Wildman–Crippen LogP) is 2.72. The number of hydrogen-bond donors (Lipinski definition) is 1. The standard InChI is InChI=1S/C16H21NO3S/c1-4-7-17-15(18)11(3)20-16(19)14-9-12-8-10(2)5-6-13(12)21-14/h4,9-11H,1,5-8H2,2-3H3,(H,17,18)/t10-,11-/m0/s1. The maximum atomic E-state index is 12.1. The molecule has 1 aromatic heterocycles. The van der Waals surface area contributed by atoms with Gasteiger partial charge in [0.1, 0.15) is 4.88 Å². The van der Waals surface area contributed by atoms with Gasteiger partial charge < -0.3 is 10.1 Å². The van der Waals surface area contributed by atoms with Crippen molar-refractivity contribution in [1.29, 1.82) is 0 Å². The minimum absolute atomic E-state index is 0.307. The Bertz CT molecular complexity index is 550. The molecule has 0 fully saturated rings. The van der Waals surface area contributed by atoms with Crippen molar-refractivity contribution < 1.29 is 14.3 Å². The highest BCUT2D eigenvalue weighted by molar-refractivity contribution is 7.14. The molecule has 114 valence electrons. The third-order valence-electron chi connectivity index (χ3n) is 3.60. The minimum atomic E-state index is -0.796. The van der Waals surface area contributed by atoms with Crippen LogP contribution in [0.5, 0.6) is 0 Å². The summed E-state index contributed by atoms with van der Waals surface area (Å²) in [7, 11) is 0. The third kappa shape index (κ3) is 3.94. The number of thiophene rings is 1. The van der Waals surface area contributed by atoms with Gasteiger partial charge in [-0.3, -0.25) is 4.79 Å². The van der Waals surface area contributed by atoms with E-state index in [4.69, 9.17) is 4.74 Å². The Balaban J connectivity index is 1.97. The van der Waals surface area contributed by atoms with Gasteiger partial charge in [0.15, 0.2) is 6.10 Å². The summed E-state index contributed by atoms with van der Waals surface area (Å²) in [5.41, 5.74) is 1.26. The number of ether oxygens (including phenoxy) is 1. The van der Waals surface area contributed by atoms with E-state index in [1.165, 1.54) is 28.2 Å². The lowest BCUT2D eigenvalue weighted by Gasteiger charge is -2.16. The monoisotopic (exact) mass is 307 g/mol. The first-order valence-corrected chi connectivity index (χ1v) is 8.04. The van der Waals surface area contributed by atoms with Crippen LogP contribution >= 0.6 is 11.3 Å². The summed E-state index contributed by atoms with van der Waals surface area (Å²) in [5, 5.41) is 2.61. The van der Waals surface area contributed by atoms with Crippen molar-refractivity contribution in [3.8, 4) is 0 Å². The van der Waals surface area contributed by atoms with Crippen LogP contribution in [0.3, 0.4) is 0 Å². The zero-order valence-electron chi connectivity index (χ0n) is 12.5. The number of rotatable bonds is 5. The number of fused-ring (bicyclic) bond motifs is 1. The van der Waals surface area contributed by atoms with Crippen molar-refractivity contribution >= 4 is 23.2 Å². The van der Waals surface area contributed by atoms with Crippen LogP contribution in [0.2, 0.25) is 0 Å². The fraction of sp³-hybridized carbons (Fsp3) is 0.500. The molecule has 4 nitrogen and oxygen atoms in total. The minimum Gasteiger partial charge on any atom is -0.448 e. The summed E-state index contributed by atoms with van der Waals surface area (Å²) >= 11 is 1.49. The first kappa shape index (κ1) is 15.8. The highest BCUT2D eigenvalue weighted by Gasteiger charge is 2.23. The van der Waals surface area contributed by atoms with Crippen LogP contribution in [0.4, 0.5) is 0 Å². The molecule has 1 aliphatic rings. The summed E-state index contributed by atoms with van der Waals surface area (Å²) in [6.45, 7) is 7.69. The van der Waals surface area contributed by atoms with Gasteiger partial charge in [0.2, 0.25) is 0 Å². The maximum absolute atomic E-state index is 12.1. The zero-order valence-corrected chi connectivity index (χ0v) is 13.3. The zero-order chi connectivity index (χ0) is 15.4. The Labute approximate surface area is 129 Å². The Kier molecular flexibility index (Phi) is 5.17. The van der Waals surface area contributed by atoms with E-state index in [0.29, 0.717) is 17.3 Å². The van der Waals surface area contributed by atoms with Crippen LogP contribution in [0, 0.1) is 5.92 Å². The summed E-state index contributed by atoms with van der Waals surface area (Å²) < 4.78 is 5.22. The molecule has 1 amide bonds. The molecule has 1 aromatic rings. The summed E-state index contributed by atoms with van der Waals surface area (Å²) in [4.78, 5) is 25.7. The molecule has 0 saturated heterocycles. The first-order chi connectivity index (χ1) is 10.0.